The van der Waals surface area contributed by atoms with Gasteiger partial charge < -0.3 is 14.8 Å². The molecular weight excluding hydrogens is 406 g/mol. The number of anilines is 1. The summed E-state index contributed by atoms with van der Waals surface area (Å²) in [6.07, 6.45) is 3.08. The lowest BCUT2D eigenvalue weighted by molar-refractivity contribution is 0.194. The van der Waals surface area contributed by atoms with Crippen LogP contribution in [0.25, 0.3) is 5.69 Å². The van der Waals surface area contributed by atoms with Gasteiger partial charge >= 0.3 is 6.03 Å². The quantitative estimate of drug-likeness (QED) is 0.378. The number of nitrogens with zero attached hydrogens (tertiary/aromatic N) is 2. The molecule has 1 aromatic heterocycles. The van der Waals surface area contributed by atoms with Crippen LogP contribution < -0.4 is 5.32 Å². The molecule has 1 aliphatic rings. The van der Waals surface area contributed by atoms with Crippen molar-refractivity contribution in [3.05, 3.63) is 119 Å². The summed E-state index contributed by atoms with van der Waals surface area (Å²) in [5.41, 5.74) is 8.81. The summed E-state index contributed by atoms with van der Waals surface area (Å²) in [4.78, 5) is 15.8. The summed E-state index contributed by atoms with van der Waals surface area (Å²) in [7, 11) is 0. The van der Waals surface area contributed by atoms with Crippen molar-refractivity contribution in [3.63, 3.8) is 0 Å². The molecule has 5 rings (SSSR count). The number of hydrogen-bond donors (Lipinski definition) is 1. The van der Waals surface area contributed by atoms with Gasteiger partial charge in [0.1, 0.15) is 0 Å². The minimum atomic E-state index is -0.205. The zero-order valence-electron chi connectivity index (χ0n) is 19.4. The second kappa shape index (κ2) is 8.62. The Labute approximate surface area is 195 Å². The number of nitrogens with one attached hydrogen (secondary N) is 1. The van der Waals surface area contributed by atoms with E-state index < -0.39 is 0 Å². The molecule has 4 heteroatoms. The number of hydrogen-bond acceptors (Lipinski definition) is 1. The molecule has 33 heavy (non-hydrogen) atoms. The lowest BCUT2D eigenvalue weighted by atomic mass is 10.00. The van der Waals surface area contributed by atoms with Gasteiger partial charge in [0, 0.05) is 17.6 Å². The van der Waals surface area contributed by atoms with Crippen molar-refractivity contribution in [2.24, 2.45) is 0 Å². The summed E-state index contributed by atoms with van der Waals surface area (Å²) in [5, 5.41) is 3.19. The Morgan fingerprint density at radius 2 is 1.76 bits per heavy atom. The van der Waals surface area contributed by atoms with Crippen LogP contribution >= 0.6 is 0 Å². The molecule has 1 unspecified atom stereocenters. The molecule has 0 saturated heterocycles. The van der Waals surface area contributed by atoms with E-state index >= 15 is 0 Å². The Bertz CT molecular complexity index is 1300. The van der Waals surface area contributed by atoms with Crippen molar-refractivity contribution in [2.75, 3.05) is 5.32 Å². The molecule has 1 atom stereocenters. The topological polar surface area (TPSA) is 37.3 Å². The van der Waals surface area contributed by atoms with Gasteiger partial charge in [-0.2, -0.15) is 0 Å². The Hall–Kier alpha value is -3.79. The van der Waals surface area contributed by atoms with Crippen LogP contribution in [0.15, 0.2) is 85.1 Å². The van der Waals surface area contributed by atoms with E-state index in [0.29, 0.717) is 6.54 Å². The van der Waals surface area contributed by atoms with Crippen LogP contribution in [0.2, 0.25) is 0 Å². The first-order valence-corrected chi connectivity index (χ1v) is 11.5. The van der Waals surface area contributed by atoms with Crippen molar-refractivity contribution in [2.45, 2.75) is 39.8 Å². The average molecular weight is 436 g/mol. The van der Waals surface area contributed by atoms with Gasteiger partial charge in [-0.25, -0.2) is 4.79 Å². The Balaban J connectivity index is 1.62. The zero-order chi connectivity index (χ0) is 22.9. The fourth-order valence-corrected chi connectivity index (χ4v) is 4.77. The summed E-state index contributed by atoms with van der Waals surface area (Å²) in [5.74, 6) is 0. The third-order valence-corrected chi connectivity index (χ3v) is 6.55. The number of para-hydroxylation sites is 1. The fraction of sp³-hybridized carbons (Fsp3) is 0.207. The van der Waals surface area contributed by atoms with Gasteiger partial charge in [0.05, 0.1) is 18.3 Å². The Kier molecular flexibility index (Phi) is 5.51. The molecule has 2 heterocycles. The van der Waals surface area contributed by atoms with Crippen LogP contribution in [0, 0.1) is 13.8 Å². The van der Waals surface area contributed by atoms with Crippen LogP contribution in [0.1, 0.15) is 46.5 Å². The van der Waals surface area contributed by atoms with Gasteiger partial charge in [-0.1, -0.05) is 67.1 Å². The van der Waals surface area contributed by atoms with Crippen molar-refractivity contribution in [3.8, 4) is 5.69 Å². The maximum absolute atomic E-state index is 13.8. The van der Waals surface area contributed by atoms with Crippen molar-refractivity contribution in [1.29, 1.82) is 0 Å². The Morgan fingerprint density at radius 3 is 2.52 bits per heavy atom. The lowest BCUT2D eigenvalue weighted by Gasteiger charge is -2.31. The smallest absolute Gasteiger partial charge is 0.318 e. The van der Waals surface area contributed by atoms with Crippen molar-refractivity contribution < 1.29 is 4.79 Å². The highest BCUT2D eigenvalue weighted by Crippen LogP contribution is 2.37. The molecule has 0 spiro atoms. The molecule has 4 nitrogen and oxygen atoms in total. The van der Waals surface area contributed by atoms with Gasteiger partial charge in [0.25, 0.3) is 0 Å². The largest absolute Gasteiger partial charge is 0.322 e. The number of fused-ring (bicyclic) bond motifs is 3. The summed E-state index contributed by atoms with van der Waals surface area (Å²) < 4.78 is 2.22. The molecule has 3 aromatic carbocycles. The Morgan fingerprint density at radius 1 is 0.970 bits per heavy atom. The predicted octanol–water partition coefficient (Wildman–Crippen LogP) is 6.79. The molecular formula is C29H29N3O. The predicted molar refractivity (Wildman–Crippen MR) is 134 cm³/mol. The molecule has 0 aliphatic carbocycles. The van der Waals surface area contributed by atoms with Gasteiger partial charge in [0.2, 0.25) is 0 Å². The number of amides is 2. The number of aromatic nitrogens is 1. The third-order valence-electron chi connectivity index (χ3n) is 6.55. The minimum Gasteiger partial charge on any atom is -0.318 e. The van der Waals surface area contributed by atoms with E-state index in [2.05, 4.69) is 90.6 Å². The second-order valence-electron chi connectivity index (χ2n) is 8.81. The van der Waals surface area contributed by atoms with E-state index in [1.807, 2.05) is 30.0 Å². The number of carbonyl (C=O) groups is 1. The van der Waals surface area contributed by atoms with Crippen LogP contribution in [-0.4, -0.2) is 15.5 Å². The average Bonchev–Trinajstić information content (AvgIpc) is 3.25. The van der Waals surface area contributed by atoms with Crippen molar-refractivity contribution in [1.82, 2.24) is 9.47 Å². The minimum absolute atomic E-state index is 0.101. The summed E-state index contributed by atoms with van der Waals surface area (Å²) in [6.45, 7) is 6.78. The van der Waals surface area contributed by atoms with Gasteiger partial charge in [-0.15, -0.1) is 0 Å². The van der Waals surface area contributed by atoms with Crippen LogP contribution in [0.4, 0.5) is 10.5 Å². The number of carbonyl (C=O) groups excluding carboxylic acids is 1. The third kappa shape index (κ3) is 3.93. The maximum Gasteiger partial charge on any atom is 0.322 e. The molecule has 0 radical (unpaired) electrons. The first kappa shape index (κ1) is 21.1. The molecule has 0 saturated carbocycles. The van der Waals surface area contributed by atoms with E-state index in [1.165, 1.54) is 11.1 Å². The molecule has 1 aliphatic heterocycles. The van der Waals surface area contributed by atoms with Gasteiger partial charge in [-0.3, -0.25) is 0 Å². The highest BCUT2D eigenvalue weighted by atomic mass is 16.2. The van der Waals surface area contributed by atoms with Crippen LogP contribution in [0.5, 0.6) is 0 Å². The van der Waals surface area contributed by atoms with Crippen molar-refractivity contribution >= 4 is 11.7 Å². The highest BCUT2D eigenvalue weighted by Gasteiger charge is 2.33. The first-order chi connectivity index (χ1) is 16.0. The van der Waals surface area contributed by atoms with E-state index in [9.17, 15) is 4.79 Å². The lowest BCUT2D eigenvalue weighted by Crippen LogP contribution is -2.38. The SMILES string of the molecule is CCc1ccc(C2c3cccn3-c3ccccc3CN2C(=O)Nc2ccc(C)cc2C)cc1. The second-order valence-corrected chi connectivity index (χ2v) is 8.81. The molecule has 0 fully saturated rings. The number of benzene rings is 3. The van der Waals surface area contributed by atoms with E-state index in [-0.39, 0.29) is 12.1 Å². The normalized spacial score (nSPS) is 14.9. The molecule has 0 bridgehead atoms. The summed E-state index contributed by atoms with van der Waals surface area (Å²) >= 11 is 0. The van der Waals surface area contributed by atoms with E-state index in [4.69, 9.17) is 0 Å². The molecule has 4 aromatic rings. The highest BCUT2D eigenvalue weighted by molar-refractivity contribution is 5.91. The van der Waals surface area contributed by atoms with Gasteiger partial charge in [0.15, 0.2) is 0 Å². The maximum atomic E-state index is 13.8. The number of rotatable bonds is 3. The molecule has 166 valence electrons. The van der Waals surface area contributed by atoms with E-state index in [0.717, 1.165) is 40.2 Å². The molecule has 2 amide bonds. The summed E-state index contributed by atoms with van der Waals surface area (Å²) in [6, 6.07) is 27.0. The first-order valence-electron chi connectivity index (χ1n) is 11.5. The zero-order valence-corrected chi connectivity index (χ0v) is 19.4. The molecule has 1 N–H and O–H groups in total. The fourth-order valence-electron chi connectivity index (χ4n) is 4.77. The van der Waals surface area contributed by atoms with Gasteiger partial charge in [-0.05, 0) is 66.8 Å². The number of urea groups is 1. The van der Waals surface area contributed by atoms with E-state index in [1.54, 1.807) is 0 Å². The standard InChI is InChI=1S/C29H29N3O/c1-4-22-12-14-23(15-13-22)28-27-10-7-17-31(27)26-9-6-5-8-24(26)19-32(28)29(33)30-25-16-11-20(2)18-21(25)3/h5-18,28H,4,19H2,1-3H3,(H,30,33). The monoisotopic (exact) mass is 435 g/mol. The number of aryl methyl sites for hydroxylation is 3. The van der Waals surface area contributed by atoms with Crippen LogP contribution in [-0.2, 0) is 13.0 Å². The van der Waals surface area contributed by atoms with Crippen LogP contribution in [0.3, 0.4) is 0 Å².